The lowest BCUT2D eigenvalue weighted by Gasteiger charge is -2.33. The van der Waals surface area contributed by atoms with Crippen LogP contribution in [0.2, 0.25) is 0 Å². The van der Waals surface area contributed by atoms with Crippen LogP contribution in [0.3, 0.4) is 0 Å². The molecule has 1 aromatic rings. The van der Waals surface area contributed by atoms with Gasteiger partial charge in [-0.05, 0) is 30.5 Å². The standard InChI is InChI=1S/C13H16F3NOS2/c1-19-10-6-7-20-11(10)12(18)17-9-5-3-2-4-8(9)13(14,15)16/h6-9H,2-5H2,1H3,(H,17,18)/t8-,9+/m0/s1. The minimum atomic E-state index is -4.24. The maximum atomic E-state index is 13.0. The third-order valence-electron chi connectivity index (χ3n) is 3.56. The Hall–Kier alpha value is -0.690. The molecule has 1 N–H and O–H groups in total. The van der Waals surface area contributed by atoms with E-state index in [-0.39, 0.29) is 12.3 Å². The number of halogens is 3. The van der Waals surface area contributed by atoms with Crippen LogP contribution in [0.4, 0.5) is 13.2 Å². The van der Waals surface area contributed by atoms with E-state index in [1.165, 1.54) is 23.1 Å². The minimum Gasteiger partial charge on any atom is -0.348 e. The maximum absolute atomic E-state index is 13.0. The molecule has 20 heavy (non-hydrogen) atoms. The van der Waals surface area contributed by atoms with E-state index in [9.17, 15) is 18.0 Å². The van der Waals surface area contributed by atoms with Gasteiger partial charge >= 0.3 is 6.18 Å². The lowest BCUT2D eigenvalue weighted by atomic mass is 9.84. The Morgan fingerprint density at radius 3 is 2.75 bits per heavy atom. The Morgan fingerprint density at radius 2 is 2.10 bits per heavy atom. The van der Waals surface area contributed by atoms with E-state index in [1.54, 1.807) is 5.38 Å². The molecule has 0 spiro atoms. The summed E-state index contributed by atoms with van der Waals surface area (Å²) in [6, 6.07) is 1.01. The van der Waals surface area contributed by atoms with Gasteiger partial charge in [-0.15, -0.1) is 23.1 Å². The van der Waals surface area contributed by atoms with Crippen molar-refractivity contribution in [1.82, 2.24) is 5.32 Å². The second-order valence-corrected chi connectivity index (χ2v) is 6.59. The zero-order valence-corrected chi connectivity index (χ0v) is 12.6. The smallest absolute Gasteiger partial charge is 0.348 e. The van der Waals surface area contributed by atoms with Crippen LogP contribution in [-0.2, 0) is 0 Å². The molecule has 1 aliphatic carbocycles. The molecule has 1 heterocycles. The SMILES string of the molecule is CSc1ccsc1C(=O)N[C@@H]1CCCC[C@@H]1C(F)(F)F. The second-order valence-electron chi connectivity index (χ2n) is 4.83. The summed E-state index contributed by atoms with van der Waals surface area (Å²) in [6.07, 6.45) is -0.582. The first-order chi connectivity index (χ1) is 9.43. The lowest BCUT2D eigenvalue weighted by molar-refractivity contribution is -0.187. The average molecular weight is 323 g/mol. The Morgan fingerprint density at radius 1 is 1.40 bits per heavy atom. The van der Waals surface area contributed by atoms with Gasteiger partial charge in [-0.2, -0.15) is 13.2 Å². The fraction of sp³-hybridized carbons (Fsp3) is 0.615. The van der Waals surface area contributed by atoms with E-state index in [0.29, 0.717) is 17.7 Å². The minimum absolute atomic E-state index is 0.105. The first-order valence-corrected chi connectivity index (χ1v) is 8.53. The Balaban J connectivity index is 2.09. The van der Waals surface area contributed by atoms with E-state index >= 15 is 0 Å². The summed E-state index contributed by atoms with van der Waals surface area (Å²) < 4.78 is 38.9. The number of hydrogen-bond donors (Lipinski definition) is 1. The molecule has 2 atom stereocenters. The van der Waals surface area contributed by atoms with Gasteiger partial charge < -0.3 is 5.32 Å². The van der Waals surface area contributed by atoms with Crippen LogP contribution in [-0.4, -0.2) is 24.4 Å². The molecular weight excluding hydrogens is 307 g/mol. The molecule has 0 aliphatic heterocycles. The van der Waals surface area contributed by atoms with E-state index in [0.717, 1.165) is 11.3 Å². The zero-order chi connectivity index (χ0) is 14.8. The van der Waals surface area contributed by atoms with Crippen molar-refractivity contribution in [2.45, 2.75) is 42.8 Å². The average Bonchev–Trinajstić information content (AvgIpc) is 2.86. The van der Waals surface area contributed by atoms with Gasteiger partial charge in [0.1, 0.15) is 4.88 Å². The largest absolute Gasteiger partial charge is 0.393 e. The van der Waals surface area contributed by atoms with Gasteiger partial charge in [0.05, 0.1) is 5.92 Å². The normalized spacial score (nSPS) is 23.6. The highest BCUT2D eigenvalue weighted by molar-refractivity contribution is 7.98. The Bertz CT molecular complexity index is 472. The fourth-order valence-corrected chi connectivity index (χ4v) is 4.21. The van der Waals surface area contributed by atoms with Crippen LogP contribution in [0.1, 0.15) is 35.4 Å². The molecule has 1 aromatic heterocycles. The molecule has 0 radical (unpaired) electrons. The quantitative estimate of drug-likeness (QED) is 0.839. The first kappa shape index (κ1) is 15.7. The summed E-state index contributed by atoms with van der Waals surface area (Å²) in [5.41, 5.74) is 0. The Labute approximate surface area is 124 Å². The van der Waals surface area contributed by atoms with Crippen LogP contribution >= 0.6 is 23.1 Å². The van der Waals surface area contributed by atoms with Gasteiger partial charge in [-0.25, -0.2) is 0 Å². The molecule has 0 bridgehead atoms. The zero-order valence-electron chi connectivity index (χ0n) is 11.0. The van der Waals surface area contributed by atoms with Crippen molar-refractivity contribution < 1.29 is 18.0 Å². The topological polar surface area (TPSA) is 29.1 Å². The van der Waals surface area contributed by atoms with Crippen molar-refractivity contribution in [3.05, 3.63) is 16.3 Å². The molecule has 7 heteroatoms. The van der Waals surface area contributed by atoms with Gasteiger partial charge in [0.15, 0.2) is 0 Å². The number of carbonyl (C=O) groups is 1. The predicted molar refractivity (Wildman–Crippen MR) is 75.4 cm³/mol. The maximum Gasteiger partial charge on any atom is 0.393 e. The number of nitrogens with one attached hydrogen (secondary N) is 1. The van der Waals surface area contributed by atoms with Crippen LogP contribution in [0.15, 0.2) is 16.3 Å². The molecule has 0 saturated heterocycles. The summed E-state index contributed by atoms with van der Waals surface area (Å²) in [5.74, 6) is -1.80. The van der Waals surface area contributed by atoms with E-state index < -0.39 is 18.1 Å². The van der Waals surface area contributed by atoms with Gasteiger partial charge in [-0.1, -0.05) is 12.8 Å². The molecule has 1 fully saturated rings. The van der Waals surface area contributed by atoms with Crippen LogP contribution in [0.5, 0.6) is 0 Å². The summed E-state index contributed by atoms with van der Waals surface area (Å²) in [5, 5.41) is 4.37. The van der Waals surface area contributed by atoms with Gasteiger partial charge in [0.2, 0.25) is 0 Å². The first-order valence-electron chi connectivity index (χ1n) is 6.42. The van der Waals surface area contributed by atoms with E-state index in [1.807, 2.05) is 12.3 Å². The Kier molecular flexibility index (Phi) is 5.01. The molecule has 2 rings (SSSR count). The molecule has 112 valence electrons. The molecule has 1 saturated carbocycles. The molecular formula is C13H16F3NOS2. The third-order valence-corrected chi connectivity index (χ3v) is 5.38. The van der Waals surface area contributed by atoms with Crippen molar-refractivity contribution >= 4 is 29.0 Å². The van der Waals surface area contributed by atoms with Crippen molar-refractivity contribution in [3.63, 3.8) is 0 Å². The second kappa shape index (κ2) is 6.39. The van der Waals surface area contributed by atoms with Gasteiger partial charge in [-0.3, -0.25) is 4.79 Å². The van der Waals surface area contributed by atoms with E-state index in [4.69, 9.17) is 0 Å². The predicted octanol–water partition coefficient (Wildman–Crippen LogP) is 4.32. The number of thioether (sulfide) groups is 1. The number of carbonyl (C=O) groups excluding carboxylic acids is 1. The van der Waals surface area contributed by atoms with Gasteiger partial charge in [0, 0.05) is 10.9 Å². The summed E-state index contributed by atoms with van der Waals surface area (Å²) in [4.78, 5) is 13.5. The summed E-state index contributed by atoms with van der Waals surface area (Å²) in [7, 11) is 0. The van der Waals surface area contributed by atoms with Crippen molar-refractivity contribution in [2.24, 2.45) is 5.92 Å². The van der Waals surface area contributed by atoms with Crippen molar-refractivity contribution in [2.75, 3.05) is 6.26 Å². The van der Waals surface area contributed by atoms with Crippen molar-refractivity contribution in [1.29, 1.82) is 0 Å². The molecule has 2 nitrogen and oxygen atoms in total. The number of alkyl halides is 3. The monoisotopic (exact) mass is 323 g/mol. The highest BCUT2D eigenvalue weighted by Gasteiger charge is 2.46. The molecule has 1 aliphatic rings. The van der Waals surface area contributed by atoms with Crippen LogP contribution < -0.4 is 5.32 Å². The highest BCUT2D eigenvalue weighted by Crippen LogP contribution is 2.38. The number of thiophene rings is 1. The third kappa shape index (κ3) is 3.49. The lowest BCUT2D eigenvalue weighted by Crippen LogP contribution is -2.47. The molecule has 0 unspecified atom stereocenters. The van der Waals surface area contributed by atoms with Crippen LogP contribution in [0, 0.1) is 5.92 Å². The van der Waals surface area contributed by atoms with Crippen molar-refractivity contribution in [3.8, 4) is 0 Å². The molecule has 0 aromatic carbocycles. The number of hydrogen-bond acceptors (Lipinski definition) is 3. The van der Waals surface area contributed by atoms with Gasteiger partial charge in [0.25, 0.3) is 5.91 Å². The number of amides is 1. The summed E-state index contributed by atoms with van der Waals surface area (Å²) >= 11 is 2.69. The number of rotatable bonds is 3. The molecule has 1 amide bonds. The summed E-state index contributed by atoms with van der Waals surface area (Å²) in [6.45, 7) is 0. The van der Waals surface area contributed by atoms with Crippen LogP contribution in [0.25, 0.3) is 0 Å². The fourth-order valence-electron chi connectivity index (χ4n) is 2.55. The highest BCUT2D eigenvalue weighted by atomic mass is 32.2. The van der Waals surface area contributed by atoms with E-state index in [2.05, 4.69) is 5.32 Å².